The lowest BCUT2D eigenvalue weighted by Crippen LogP contribution is -2.46. The fourth-order valence-corrected chi connectivity index (χ4v) is 1.76. The first kappa shape index (κ1) is 11.0. The van der Waals surface area contributed by atoms with E-state index in [2.05, 4.69) is 11.8 Å². The third-order valence-corrected chi connectivity index (χ3v) is 2.61. The number of aliphatic hydroxyl groups excluding tert-OH is 1. The minimum Gasteiger partial charge on any atom is -0.396 e. The van der Waals surface area contributed by atoms with Crippen LogP contribution in [0.2, 0.25) is 0 Å². The minimum absolute atomic E-state index is 0.274. The first-order valence-corrected chi connectivity index (χ1v) is 5.31. The summed E-state index contributed by atoms with van der Waals surface area (Å²) in [6, 6.07) is 0.449. The molecule has 0 aromatic heterocycles. The molecule has 1 rings (SSSR count). The van der Waals surface area contributed by atoms with Gasteiger partial charge in [0.05, 0.1) is 13.2 Å². The van der Waals surface area contributed by atoms with Crippen molar-refractivity contribution in [2.24, 2.45) is 0 Å². The summed E-state index contributed by atoms with van der Waals surface area (Å²) in [7, 11) is 0. The van der Waals surface area contributed by atoms with Crippen LogP contribution in [0.15, 0.2) is 0 Å². The molecule has 1 aliphatic heterocycles. The Labute approximate surface area is 80.7 Å². The van der Waals surface area contributed by atoms with Gasteiger partial charge in [-0.15, -0.1) is 0 Å². The molecule has 0 aliphatic carbocycles. The predicted molar refractivity (Wildman–Crippen MR) is 52.8 cm³/mol. The van der Waals surface area contributed by atoms with Crippen LogP contribution < -0.4 is 0 Å². The largest absolute Gasteiger partial charge is 0.396 e. The molecule has 1 atom stereocenters. The van der Waals surface area contributed by atoms with Gasteiger partial charge in [0.1, 0.15) is 0 Å². The van der Waals surface area contributed by atoms with Gasteiger partial charge in [0.2, 0.25) is 0 Å². The van der Waals surface area contributed by atoms with E-state index < -0.39 is 0 Å². The fraction of sp³-hybridized carbons (Fsp3) is 1.00. The average molecular weight is 187 g/mol. The molecule has 0 saturated carbocycles. The highest BCUT2D eigenvalue weighted by molar-refractivity contribution is 4.74. The standard InChI is InChI=1S/C10H21NO2/c1-2-3-5-11-6-8-13-9-10(11)4-7-12/h10,12H,2-9H2,1H3. The summed E-state index contributed by atoms with van der Waals surface area (Å²) >= 11 is 0. The van der Waals surface area contributed by atoms with E-state index in [4.69, 9.17) is 9.84 Å². The van der Waals surface area contributed by atoms with Crippen molar-refractivity contribution in [2.45, 2.75) is 32.2 Å². The monoisotopic (exact) mass is 187 g/mol. The number of hydrogen-bond acceptors (Lipinski definition) is 3. The molecule has 1 heterocycles. The van der Waals surface area contributed by atoms with Gasteiger partial charge in [0, 0.05) is 19.2 Å². The second-order valence-electron chi connectivity index (χ2n) is 3.63. The predicted octanol–water partition coefficient (Wildman–Crippen LogP) is 0.870. The Kier molecular flexibility index (Phi) is 5.35. The van der Waals surface area contributed by atoms with E-state index in [9.17, 15) is 0 Å². The lowest BCUT2D eigenvalue weighted by molar-refractivity contribution is -0.0159. The van der Waals surface area contributed by atoms with Crippen LogP contribution >= 0.6 is 0 Å². The number of aliphatic hydroxyl groups is 1. The molecule has 1 N–H and O–H groups in total. The van der Waals surface area contributed by atoms with E-state index in [1.807, 2.05) is 0 Å². The summed E-state index contributed by atoms with van der Waals surface area (Å²) in [5.41, 5.74) is 0. The average Bonchev–Trinajstić information content (AvgIpc) is 2.17. The highest BCUT2D eigenvalue weighted by atomic mass is 16.5. The number of hydrogen-bond donors (Lipinski definition) is 1. The van der Waals surface area contributed by atoms with E-state index in [1.165, 1.54) is 12.8 Å². The molecule has 0 aromatic rings. The number of ether oxygens (including phenoxy) is 1. The quantitative estimate of drug-likeness (QED) is 0.693. The fourth-order valence-electron chi connectivity index (χ4n) is 1.76. The van der Waals surface area contributed by atoms with Gasteiger partial charge in [-0.25, -0.2) is 0 Å². The second kappa shape index (κ2) is 6.35. The number of morpholine rings is 1. The normalized spacial score (nSPS) is 24.9. The molecule has 0 aromatic carbocycles. The van der Waals surface area contributed by atoms with Crippen LogP contribution in [0.4, 0.5) is 0 Å². The summed E-state index contributed by atoms with van der Waals surface area (Å²) in [6.45, 7) is 6.32. The second-order valence-corrected chi connectivity index (χ2v) is 3.63. The van der Waals surface area contributed by atoms with Crippen molar-refractivity contribution in [3.63, 3.8) is 0 Å². The highest BCUT2D eigenvalue weighted by Gasteiger charge is 2.21. The number of rotatable bonds is 5. The van der Waals surface area contributed by atoms with Gasteiger partial charge in [0.15, 0.2) is 0 Å². The summed E-state index contributed by atoms with van der Waals surface area (Å²) < 4.78 is 5.39. The van der Waals surface area contributed by atoms with Crippen molar-refractivity contribution >= 4 is 0 Å². The maximum absolute atomic E-state index is 8.88. The molecule has 1 saturated heterocycles. The van der Waals surface area contributed by atoms with Gasteiger partial charge < -0.3 is 9.84 Å². The van der Waals surface area contributed by atoms with Gasteiger partial charge in [0.25, 0.3) is 0 Å². The van der Waals surface area contributed by atoms with Crippen LogP contribution in [-0.2, 0) is 4.74 Å². The van der Waals surface area contributed by atoms with Crippen molar-refractivity contribution in [1.82, 2.24) is 4.90 Å². The number of nitrogens with zero attached hydrogens (tertiary/aromatic N) is 1. The third-order valence-electron chi connectivity index (χ3n) is 2.61. The Bertz CT molecular complexity index is 128. The third kappa shape index (κ3) is 3.63. The maximum Gasteiger partial charge on any atom is 0.0623 e. The van der Waals surface area contributed by atoms with Crippen molar-refractivity contribution < 1.29 is 9.84 Å². The van der Waals surface area contributed by atoms with Crippen LogP contribution in [0, 0.1) is 0 Å². The Morgan fingerprint density at radius 2 is 2.38 bits per heavy atom. The lowest BCUT2D eigenvalue weighted by Gasteiger charge is -2.35. The first-order valence-electron chi connectivity index (χ1n) is 5.31. The summed E-state index contributed by atoms with van der Waals surface area (Å²) in [6.07, 6.45) is 3.34. The molecule has 3 nitrogen and oxygen atoms in total. The smallest absolute Gasteiger partial charge is 0.0623 e. The zero-order valence-electron chi connectivity index (χ0n) is 8.54. The summed E-state index contributed by atoms with van der Waals surface area (Å²) in [4.78, 5) is 2.45. The topological polar surface area (TPSA) is 32.7 Å². The molecule has 0 radical (unpaired) electrons. The molecule has 1 fully saturated rings. The van der Waals surface area contributed by atoms with Crippen LogP contribution in [-0.4, -0.2) is 49.0 Å². The van der Waals surface area contributed by atoms with Gasteiger partial charge in [-0.3, -0.25) is 4.90 Å². The van der Waals surface area contributed by atoms with Gasteiger partial charge in [-0.1, -0.05) is 13.3 Å². The zero-order chi connectivity index (χ0) is 9.52. The van der Waals surface area contributed by atoms with Crippen LogP contribution in [0.3, 0.4) is 0 Å². The maximum atomic E-state index is 8.88. The molecule has 78 valence electrons. The Morgan fingerprint density at radius 1 is 1.54 bits per heavy atom. The van der Waals surface area contributed by atoms with Gasteiger partial charge >= 0.3 is 0 Å². The number of unbranched alkanes of at least 4 members (excludes halogenated alkanes) is 1. The molecule has 0 amide bonds. The van der Waals surface area contributed by atoms with Gasteiger partial charge in [-0.2, -0.15) is 0 Å². The molecule has 0 bridgehead atoms. The van der Waals surface area contributed by atoms with E-state index in [-0.39, 0.29) is 6.61 Å². The molecule has 1 unspecified atom stereocenters. The van der Waals surface area contributed by atoms with Gasteiger partial charge in [-0.05, 0) is 19.4 Å². The van der Waals surface area contributed by atoms with E-state index in [1.54, 1.807) is 0 Å². The SMILES string of the molecule is CCCCN1CCOCC1CCO. The van der Waals surface area contributed by atoms with Crippen LogP contribution in [0.1, 0.15) is 26.2 Å². The summed E-state index contributed by atoms with van der Waals surface area (Å²) in [5, 5.41) is 8.88. The molecule has 3 heteroatoms. The first-order chi connectivity index (χ1) is 6.38. The highest BCUT2D eigenvalue weighted by Crippen LogP contribution is 2.10. The minimum atomic E-state index is 0.274. The van der Waals surface area contributed by atoms with E-state index >= 15 is 0 Å². The zero-order valence-corrected chi connectivity index (χ0v) is 8.54. The molecular formula is C10H21NO2. The molecule has 0 spiro atoms. The summed E-state index contributed by atoms with van der Waals surface area (Å²) in [5.74, 6) is 0. The molecular weight excluding hydrogens is 166 g/mol. The van der Waals surface area contributed by atoms with E-state index in [0.29, 0.717) is 6.04 Å². The van der Waals surface area contributed by atoms with Crippen molar-refractivity contribution in [3.8, 4) is 0 Å². The lowest BCUT2D eigenvalue weighted by atomic mass is 10.1. The van der Waals surface area contributed by atoms with Crippen LogP contribution in [0.25, 0.3) is 0 Å². The van der Waals surface area contributed by atoms with Crippen LogP contribution in [0.5, 0.6) is 0 Å². The Hall–Kier alpha value is -0.120. The Morgan fingerprint density at radius 3 is 3.08 bits per heavy atom. The molecule has 1 aliphatic rings. The van der Waals surface area contributed by atoms with Crippen molar-refractivity contribution in [2.75, 3.05) is 32.9 Å². The van der Waals surface area contributed by atoms with E-state index in [0.717, 1.165) is 32.7 Å². The molecule has 13 heavy (non-hydrogen) atoms. The van der Waals surface area contributed by atoms with Crippen molar-refractivity contribution in [1.29, 1.82) is 0 Å². The Balaban J connectivity index is 2.28. The van der Waals surface area contributed by atoms with Crippen molar-refractivity contribution in [3.05, 3.63) is 0 Å².